The van der Waals surface area contributed by atoms with Crippen LogP contribution >= 0.6 is 0 Å². The number of nitrogens with zero attached hydrogens (tertiary/aromatic N) is 1. The summed E-state index contributed by atoms with van der Waals surface area (Å²) in [6, 6.07) is 3.55. The summed E-state index contributed by atoms with van der Waals surface area (Å²) in [5, 5.41) is 0. The number of ether oxygens (including phenoxy) is 9. The molecule has 0 unspecified atom stereocenters. The van der Waals surface area contributed by atoms with Gasteiger partial charge >= 0.3 is 23.9 Å². The van der Waals surface area contributed by atoms with Gasteiger partial charge in [-0.3, -0.25) is 24.0 Å². The van der Waals surface area contributed by atoms with Crippen molar-refractivity contribution in [3.63, 3.8) is 0 Å². The maximum atomic E-state index is 13.9. The van der Waals surface area contributed by atoms with Crippen LogP contribution in [0.15, 0.2) is 36.6 Å². The van der Waals surface area contributed by atoms with Crippen LogP contribution in [0.4, 0.5) is 0 Å². The number of benzene rings is 1. The number of rotatable bonds is 10. The summed E-state index contributed by atoms with van der Waals surface area (Å²) in [6.07, 6.45) is -3.91. The molecule has 266 valence electrons. The average Bonchev–Trinajstić information content (AvgIpc) is 3.05. The third kappa shape index (κ3) is 7.37. The number of methoxy groups -OCH3 is 2. The Morgan fingerprint density at radius 1 is 0.898 bits per heavy atom. The first kappa shape index (κ1) is 35.7. The Bertz CT molecular complexity index is 1520. The lowest BCUT2D eigenvalue weighted by molar-refractivity contribution is -0.342. The number of piperidine rings is 1. The predicted octanol–water partition coefficient (Wildman–Crippen LogP) is 2.29. The largest absolute Gasteiger partial charge is 0.493 e. The van der Waals surface area contributed by atoms with Crippen molar-refractivity contribution >= 4 is 29.8 Å². The summed E-state index contributed by atoms with van der Waals surface area (Å²) >= 11 is 0. The van der Waals surface area contributed by atoms with E-state index in [1.165, 1.54) is 13.2 Å². The fourth-order valence-corrected chi connectivity index (χ4v) is 6.97. The normalized spacial score (nSPS) is 30.2. The van der Waals surface area contributed by atoms with E-state index < -0.39 is 79.3 Å². The van der Waals surface area contributed by atoms with Crippen molar-refractivity contribution in [1.82, 2.24) is 4.90 Å². The van der Waals surface area contributed by atoms with E-state index in [1.54, 1.807) is 20.3 Å². The predicted molar refractivity (Wildman–Crippen MR) is 165 cm³/mol. The van der Waals surface area contributed by atoms with Crippen LogP contribution in [0, 0.1) is 11.8 Å². The first-order chi connectivity index (χ1) is 23.4. The molecule has 49 heavy (non-hydrogen) atoms. The topological polar surface area (TPSA) is 172 Å². The molecule has 4 aliphatic heterocycles. The van der Waals surface area contributed by atoms with Crippen molar-refractivity contribution in [3.8, 4) is 11.5 Å². The second-order valence-corrected chi connectivity index (χ2v) is 12.1. The number of hydrogen-bond donors (Lipinski definition) is 0. The molecule has 0 spiro atoms. The molecule has 4 aliphatic rings. The average molecular weight is 688 g/mol. The SMILES string of the molecule is C=C[C@H]1[C@H](O[C@@H]2O[C@H](COC(C)=O)[C@@H](OC(C)=O)[C@H](OC(C)=O)[C@H]2OC(C)=O)OC=C2C(=O)N3CCc4cc(OC)c(OC)cc4[C@@H]3C[C@H]21. The van der Waals surface area contributed by atoms with Gasteiger partial charge in [0.25, 0.3) is 5.91 Å². The van der Waals surface area contributed by atoms with Crippen LogP contribution in [0.3, 0.4) is 0 Å². The summed E-state index contributed by atoms with van der Waals surface area (Å²) < 4.78 is 51.2. The summed E-state index contributed by atoms with van der Waals surface area (Å²) in [6.45, 7) is 8.68. The van der Waals surface area contributed by atoms with Crippen molar-refractivity contribution in [1.29, 1.82) is 0 Å². The zero-order chi connectivity index (χ0) is 35.6. The minimum absolute atomic E-state index is 0.181. The number of amides is 1. The Balaban J connectivity index is 1.47. The standard InChI is InChI=1S/C34H41NO14/c1-8-21-23-12-25-22-13-27(42-7)26(41-6)11-20(22)9-10-35(25)32(40)24(23)14-44-33(21)49-34-31(47-19(5)39)30(46-18(4)38)29(45-17(3)37)28(48-34)15-43-16(2)36/h8,11,13-14,21,23,25,28-31,33-34H,1,9-10,12,15H2,2-7H3/t21-,23+,25+,28-,29-,30+,31-,33+,34+/m1/s1. The fraction of sp³-hybridized carbons (Fsp3) is 0.559. The van der Waals surface area contributed by atoms with Gasteiger partial charge in [0.05, 0.1) is 32.1 Å². The quantitative estimate of drug-likeness (QED) is 0.199. The molecule has 15 heteroatoms. The molecule has 0 aromatic heterocycles. The minimum atomic E-state index is -1.48. The molecule has 1 amide bonds. The molecule has 0 radical (unpaired) electrons. The Labute approximate surface area is 283 Å². The van der Waals surface area contributed by atoms with Crippen LogP contribution in [0.2, 0.25) is 0 Å². The molecule has 9 atom stereocenters. The van der Waals surface area contributed by atoms with Crippen LogP contribution < -0.4 is 9.47 Å². The smallest absolute Gasteiger partial charge is 0.303 e. The molecule has 1 aromatic carbocycles. The van der Waals surface area contributed by atoms with E-state index in [0.29, 0.717) is 36.5 Å². The van der Waals surface area contributed by atoms with Gasteiger partial charge in [0.15, 0.2) is 29.8 Å². The Hall–Kier alpha value is -4.63. The van der Waals surface area contributed by atoms with Crippen LogP contribution in [0.5, 0.6) is 11.5 Å². The van der Waals surface area contributed by atoms with Crippen LogP contribution in [0.1, 0.15) is 51.3 Å². The van der Waals surface area contributed by atoms with Crippen LogP contribution in [-0.2, 0) is 63.6 Å². The van der Waals surface area contributed by atoms with E-state index in [1.807, 2.05) is 17.0 Å². The zero-order valence-corrected chi connectivity index (χ0v) is 28.2. The molecule has 0 bridgehead atoms. The lowest BCUT2D eigenvalue weighted by atomic mass is 9.73. The van der Waals surface area contributed by atoms with Gasteiger partial charge in [-0.1, -0.05) is 6.08 Å². The molecule has 0 saturated carbocycles. The Kier molecular flexibility index (Phi) is 10.8. The third-order valence-corrected chi connectivity index (χ3v) is 8.98. The molecule has 0 aliphatic carbocycles. The van der Waals surface area contributed by atoms with Gasteiger partial charge in [-0.2, -0.15) is 0 Å². The second kappa shape index (κ2) is 14.9. The monoisotopic (exact) mass is 687 g/mol. The summed E-state index contributed by atoms with van der Waals surface area (Å²) in [5.74, 6) is -2.99. The minimum Gasteiger partial charge on any atom is -0.493 e. The molecular formula is C34H41NO14. The van der Waals surface area contributed by atoms with Crippen molar-refractivity contribution in [2.45, 2.75) is 83.6 Å². The molecule has 2 saturated heterocycles. The molecule has 4 heterocycles. The highest BCUT2D eigenvalue weighted by molar-refractivity contribution is 5.95. The van der Waals surface area contributed by atoms with Crippen molar-refractivity contribution in [2.75, 3.05) is 27.4 Å². The summed E-state index contributed by atoms with van der Waals surface area (Å²) in [5.41, 5.74) is 2.45. The maximum Gasteiger partial charge on any atom is 0.303 e. The molecular weight excluding hydrogens is 646 g/mol. The highest BCUT2D eigenvalue weighted by Crippen LogP contribution is 2.49. The third-order valence-electron chi connectivity index (χ3n) is 8.98. The number of esters is 4. The highest BCUT2D eigenvalue weighted by Gasteiger charge is 2.55. The molecule has 2 fully saturated rings. The summed E-state index contributed by atoms with van der Waals surface area (Å²) in [7, 11) is 3.13. The van der Waals surface area contributed by atoms with E-state index in [2.05, 4.69) is 6.58 Å². The van der Waals surface area contributed by atoms with E-state index in [0.717, 1.165) is 31.9 Å². The van der Waals surface area contributed by atoms with E-state index in [-0.39, 0.29) is 11.9 Å². The number of hydrogen-bond acceptors (Lipinski definition) is 14. The van der Waals surface area contributed by atoms with Gasteiger partial charge in [0, 0.05) is 46.1 Å². The van der Waals surface area contributed by atoms with E-state index in [4.69, 9.17) is 42.6 Å². The van der Waals surface area contributed by atoms with Crippen molar-refractivity contribution in [3.05, 3.63) is 47.7 Å². The lowest BCUT2D eigenvalue weighted by Gasteiger charge is -2.49. The molecule has 1 aromatic rings. The first-order valence-electron chi connectivity index (χ1n) is 15.9. The molecule has 15 nitrogen and oxygen atoms in total. The van der Waals surface area contributed by atoms with Gasteiger partial charge in [0.1, 0.15) is 12.7 Å². The Morgan fingerprint density at radius 2 is 1.53 bits per heavy atom. The van der Waals surface area contributed by atoms with Gasteiger partial charge in [-0.15, -0.1) is 6.58 Å². The zero-order valence-electron chi connectivity index (χ0n) is 28.2. The second-order valence-electron chi connectivity index (χ2n) is 12.1. The number of carbonyl (C=O) groups excluding carboxylic acids is 5. The van der Waals surface area contributed by atoms with Gasteiger partial charge in [0.2, 0.25) is 12.6 Å². The van der Waals surface area contributed by atoms with Gasteiger partial charge < -0.3 is 47.5 Å². The molecule has 0 N–H and O–H groups in total. The Morgan fingerprint density at radius 3 is 2.14 bits per heavy atom. The fourth-order valence-electron chi connectivity index (χ4n) is 6.97. The van der Waals surface area contributed by atoms with Crippen molar-refractivity contribution in [2.24, 2.45) is 11.8 Å². The lowest BCUT2D eigenvalue weighted by Crippen LogP contribution is -2.63. The summed E-state index contributed by atoms with van der Waals surface area (Å²) in [4.78, 5) is 64.1. The first-order valence-corrected chi connectivity index (χ1v) is 15.9. The molecule has 5 rings (SSSR count). The highest BCUT2D eigenvalue weighted by atomic mass is 16.8. The van der Waals surface area contributed by atoms with Gasteiger partial charge in [-0.05, 0) is 36.1 Å². The van der Waals surface area contributed by atoms with E-state index in [9.17, 15) is 24.0 Å². The van der Waals surface area contributed by atoms with Crippen molar-refractivity contribution < 1.29 is 66.6 Å². The van der Waals surface area contributed by atoms with Crippen LogP contribution in [0.25, 0.3) is 0 Å². The van der Waals surface area contributed by atoms with Gasteiger partial charge in [-0.25, -0.2) is 0 Å². The van der Waals surface area contributed by atoms with E-state index >= 15 is 0 Å². The number of fused-ring (bicyclic) bond motifs is 4. The number of carbonyl (C=O) groups is 5. The van der Waals surface area contributed by atoms with Crippen LogP contribution in [-0.4, -0.2) is 99.1 Å². The maximum absolute atomic E-state index is 13.9.